The number of methoxy groups -OCH3 is 1. The fourth-order valence-electron chi connectivity index (χ4n) is 3.06. The van der Waals surface area contributed by atoms with Crippen LogP contribution in [0.4, 0.5) is 4.79 Å². The van der Waals surface area contributed by atoms with Crippen LogP contribution in [0, 0.1) is 5.92 Å². The number of amides is 1. The van der Waals surface area contributed by atoms with Crippen LogP contribution in [0.3, 0.4) is 0 Å². The number of halogens is 1. The molecule has 3 rings (SSSR count). The van der Waals surface area contributed by atoms with Crippen molar-refractivity contribution in [1.82, 2.24) is 5.06 Å². The van der Waals surface area contributed by atoms with Gasteiger partial charge in [0.2, 0.25) is 0 Å². The van der Waals surface area contributed by atoms with Crippen LogP contribution < -0.4 is 4.74 Å². The lowest BCUT2D eigenvalue weighted by Gasteiger charge is -2.26. The number of hydrogen-bond donors (Lipinski definition) is 1. The first-order chi connectivity index (χ1) is 12.6. The van der Waals surface area contributed by atoms with Gasteiger partial charge in [0.15, 0.2) is 0 Å². The molecule has 0 spiro atoms. The molecule has 2 aromatic rings. The molecule has 0 aromatic heterocycles. The molecule has 0 fully saturated rings. The molecule has 0 aliphatic heterocycles. The topological polar surface area (TPSA) is 59.0 Å². The number of hydrogen-bond acceptors (Lipinski definition) is 4. The van der Waals surface area contributed by atoms with E-state index in [9.17, 15) is 10.0 Å². The van der Waals surface area contributed by atoms with Crippen LogP contribution in [0.25, 0.3) is 0 Å². The van der Waals surface area contributed by atoms with Gasteiger partial charge in [0.1, 0.15) is 11.5 Å². The van der Waals surface area contributed by atoms with Crippen LogP contribution >= 0.6 is 11.6 Å². The van der Waals surface area contributed by atoms with Crippen molar-refractivity contribution in [2.45, 2.75) is 18.9 Å². The molecule has 136 valence electrons. The summed E-state index contributed by atoms with van der Waals surface area (Å²) in [5.74, 6) is 1.43. The lowest BCUT2D eigenvalue weighted by atomic mass is 9.94. The molecule has 0 radical (unpaired) electrons. The molecule has 0 unspecified atom stereocenters. The van der Waals surface area contributed by atoms with E-state index in [1.807, 2.05) is 48.6 Å². The highest BCUT2D eigenvalue weighted by atomic mass is 35.5. The molecule has 0 heterocycles. The number of ether oxygens (including phenoxy) is 2. The lowest BCUT2D eigenvalue weighted by Crippen LogP contribution is -2.40. The standard InChI is InChI=1S/C20H20ClNO4/c1-25-20(23)22(24)19-7-3-5-15(19)12-14-4-2-6-18(13-14)26-17-10-8-16(21)9-11-17/h2-6,8-11,13,15,19,24H,7,12H2,1H3/t15-,19+/m0/s1. The third-order valence-corrected chi connectivity index (χ3v) is 4.60. The van der Waals surface area contributed by atoms with Crippen molar-refractivity contribution in [3.63, 3.8) is 0 Å². The van der Waals surface area contributed by atoms with Gasteiger partial charge >= 0.3 is 6.09 Å². The minimum Gasteiger partial charge on any atom is -0.457 e. The van der Waals surface area contributed by atoms with E-state index in [-0.39, 0.29) is 12.0 Å². The van der Waals surface area contributed by atoms with Crippen molar-refractivity contribution < 1.29 is 19.5 Å². The first-order valence-electron chi connectivity index (χ1n) is 8.32. The molecule has 1 amide bonds. The predicted molar refractivity (Wildman–Crippen MR) is 98.7 cm³/mol. The van der Waals surface area contributed by atoms with Gasteiger partial charge < -0.3 is 9.47 Å². The van der Waals surface area contributed by atoms with Gasteiger partial charge in [0.05, 0.1) is 13.2 Å². The van der Waals surface area contributed by atoms with E-state index >= 15 is 0 Å². The quantitative estimate of drug-likeness (QED) is 0.451. The van der Waals surface area contributed by atoms with Gasteiger partial charge in [-0.1, -0.05) is 35.9 Å². The minimum absolute atomic E-state index is 0.00452. The Kier molecular flexibility index (Phi) is 5.81. The largest absolute Gasteiger partial charge is 0.457 e. The van der Waals surface area contributed by atoms with Crippen LogP contribution in [0.2, 0.25) is 5.02 Å². The van der Waals surface area contributed by atoms with Gasteiger partial charge in [-0.2, -0.15) is 5.06 Å². The average Bonchev–Trinajstić information content (AvgIpc) is 3.10. The third kappa shape index (κ3) is 4.36. The Morgan fingerprint density at radius 2 is 2.00 bits per heavy atom. The van der Waals surface area contributed by atoms with Gasteiger partial charge in [-0.05, 0) is 54.8 Å². The molecular formula is C20H20ClNO4. The molecule has 1 aliphatic carbocycles. The van der Waals surface area contributed by atoms with Gasteiger partial charge in [-0.25, -0.2) is 4.79 Å². The van der Waals surface area contributed by atoms with E-state index in [2.05, 4.69) is 4.74 Å². The number of rotatable bonds is 5. The highest BCUT2D eigenvalue weighted by Crippen LogP contribution is 2.29. The number of benzene rings is 2. The van der Waals surface area contributed by atoms with Crippen molar-refractivity contribution in [2.75, 3.05) is 7.11 Å². The molecular weight excluding hydrogens is 354 g/mol. The summed E-state index contributed by atoms with van der Waals surface area (Å²) >= 11 is 5.89. The first-order valence-corrected chi connectivity index (χ1v) is 8.69. The van der Waals surface area contributed by atoms with Gasteiger partial charge in [-0.3, -0.25) is 5.21 Å². The molecule has 6 heteroatoms. The molecule has 1 N–H and O–H groups in total. The summed E-state index contributed by atoms with van der Waals surface area (Å²) < 4.78 is 10.5. The SMILES string of the molecule is COC(=O)N(O)[C@@H]1CC=C[C@H]1Cc1cccc(Oc2ccc(Cl)cc2)c1. The fraction of sp³-hybridized carbons (Fsp3) is 0.250. The summed E-state index contributed by atoms with van der Waals surface area (Å²) in [6.07, 6.45) is 4.51. The Labute approximate surface area is 157 Å². The zero-order chi connectivity index (χ0) is 18.5. The maximum Gasteiger partial charge on any atom is 0.433 e. The zero-order valence-electron chi connectivity index (χ0n) is 14.3. The van der Waals surface area contributed by atoms with Crippen LogP contribution in [0.5, 0.6) is 11.5 Å². The highest BCUT2D eigenvalue weighted by Gasteiger charge is 2.31. The van der Waals surface area contributed by atoms with Crippen molar-refractivity contribution in [2.24, 2.45) is 5.92 Å². The van der Waals surface area contributed by atoms with Gasteiger partial charge in [0.25, 0.3) is 0 Å². The summed E-state index contributed by atoms with van der Waals surface area (Å²) in [6, 6.07) is 14.6. The predicted octanol–water partition coefficient (Wildman–Crippen LogP) is 5.08. The Morgan fingerprint density at radius 1 is 1.23 bits per heavy atom. The molecule has 2 aromatic carbocycles. The summed E-state index contributed by atoms with van der Waals surface area (Å²) in [6.45, 7) is 0. The number of carbonyl (C=O) groups is 1. The Bertz CT molecular complexity index is 791. The number of nitrogens with zero attached hydrogens (tertiary/aromatic N) is 1. The highest BCUT2D eigenvalue weighted by molar-refractivity contribution is 6.30. The second kappa shape index (κ2) is 8.25. The normalized spacial score (nSPS) is 18.6. The summed E-state index contributed by atoms with van der Waals surface area (Å²) in [7, 11) is 1.25. The lowest BCUT2D eigenvalue weighted by molar-refractivity contribution is -0.107. The fourth-order valence-corrected chi connectivity index (χ4v) is 3.18. The molecule has 0 saturated carbocycles. The van der Waals surface area contributed by atoms with E-state index in [1.54, 1.807) is 12.1 Å². The van der Waals surface area contributed by atoms with E-state index in [1.165, 1.54) is 7.11 Å². The van der Waals surface area contributed by atoms with E-state index < -0.39 is 6.09 Å². The molecule has 26 heavy (non-hydrogen) atoms. The number of hydroxylamine groups is 2. The second-order valence-corrected chi connectivity index (χ2v) is 6.55. The Hall–Kier alpha value is -2.50. The zero-order valence-corrected chi connectivity index (χ0v) is 15.1. The average molecular weight is 374 g/mol. The first kappa shape index (κ1) is 18.3. The van der Waals surface area contributed by atoms with Crippen LogP contribution in [-0.2, 0) is 11.2 Å². The summed E-state index contributed by atoms with van der Waals surface area (Å²) in [5, 5.41) is 11.4. The van der Waals surface area contributed by atoms with Crippen molar-refractivity contribution in [3.05, 3.63) is 71.3 Å². The van der Waals surface area contributed by atoms with E-state index in [0.29, 0.717) is 28.7 Å². The Morgan fingerprint density at radius 3 is 2.73 bits per heavy atom. The molecule has 5 nitrogen and oxygen atoms in total. The van der Waals surface area contributed by atoms with Crippen molar-refractivity contribution >= 4 is 17.7 Å². The molecule has 1 aliphatic rings. The van der Waals surface area contributed by atoms with Crippen molar-refractivity contribution in [1.29, 1.82) is 0 Å². The summed E-state index contributed by atoms with van der Waals surface area (Å²) in [4.78, 5) is 11.6. The summed E-state index contributed by atoms with van der Waals surface area (Å²) in [5.41, 5.74) is 1.05. The maximum atomic E-state index is 11.6. The smallest absolute Gasteiger partial charge is 0.433 e. The Balaban J connectivity index is 1.69. The molecule has 2 atom stereocenters. The van der Waals surface area contributed by atoms with Gasteiger partial charge in [-0.15, -0.1) is 0 Å². The van der Waals surface area contributed by atoms with Gasteiger partial charge in [0, 0.05) is 10.9 Å². The van der Waals surface area contributed by atoms with E-state index in [4.69, 9.17) is 16.3 Å². The van der Waals surface area contributed by atoms with Crippen molar-refractivity contribution in [3.8, 4) is 11.5 Å². The van der Waals surface area contributed by atoms with E-state index in [0.717, 1.165) is 11.3 Å². The maximum absolute atomic E-state index is 11.6. The third-order valence-electron chi connectivity index (χ3n) is 4.35. The monoisotopic (exact) mass is 373 g/mol. The van der Waals surface area contributed by atoms with Crippen LogP contribution in [0.1, 0.15) is 12.0 Å². The molecule has 0 saturated heterocycles. The minimum atomic E-state index is -0.747. The number of carbonyl (C=O) groups excluding carboxylic acids is 1. The van der Waals surface area contributed by atoms with Crippen LogP contribution in [-0.4, -0.2) is 29.5 Å². The molecule has 0 bridgehead atoms. The second-order valence-electron chi connectivity index (χ2n) is 6.12. The van der Waals surface area contributed by atoms with Crippen LogP contribution in [0.15, 0.2) is 60.7 Å².